The summed E-state index contributed by atoms with van der Waals surface area (Å²) in [7, 11) is -3.06. The van der Waals surface area contributed by atoms with Gasteiger partial charge in [-0.25, -0.2) is 0 Å². The predicted molar refractivity (Wildman–Crippen MR) is 73.9 cm³/mol. The molecule has 0 aliphatic carbocycles. The Labute approximate surface area is 132 Å². The first-order valence-corrected chi connectivity index (χ1v) is 7.80. The third kappa shape index (κ3) is 5.42. The average Bonchev–Trinajstić information content (AvgIpc) is 2.43. The molecule has 0 bridgehead atoms. The van der Waals surface area contributed by atoms with Crippen LogP contribution in [0.15, 0.2) is 5.11 Å². The van der Waals surface area contributed by atoms with E-state index in [1.165, 1.54) is 0 Å². The Morgan fingerprint density at radius 1 is 1.30 bits per heavy atom. The van der Waals surface area contributed by atoms with Crippen LogP contribution in [0.4, 0.5) is 0 Å². The van der Waals surface area contributed by atoms with Crippen LogP contribution in [0.5, 0.6) is 0 Å². The molecule has 1 saturated heterocycles. The predicted octanol–water partition coefficient (Wildman–Crippen LogP) is 1.33. The van der Waals surface area contributed by atoms with Crippen molar-refractivity contribution in [3.8, 4) is 0 Å². The molecule has 0 amide bonds. The minimum atomic E-state index is -3.06. The molecule has 3 unspecified atom stereocenters. The second-order valence-electron chi connectivity index (χ2n) is 4.64. The molecule has 1 heterocycles. The largest absolute Gasteiger partial charge is 0.697 e. The second-order valence-corrected chi connectivity index (χ2v) is 5.32. The van der Waals surface area contributed by atoms with Gasteiger partial charge >= 0.3 is 20.2 Å². The van der Waals surface area contributed by atoms with E-state index in [1.807, 2.05) is 0 Å². The van der Waals surface area contributed by atoms with Gasteiger partial charge in [0.2, 0.25) is 6.29 Å². The Kier molecular flexibility index (Phi) is 7.34. The van der Waals surface area contributed by atoms with Crippen molar-refractivity contribution in [1.82, 2.24) is 0 Å². The van der Waals surface area contributed by atoms with Crippen LogP contribution in [-0.4, -0.2) is 47.5 Å². The minimum Gasteiger partial charge on any atom is -0.458 e. The topological polar surface area (TPSA) is 157 Å². The molecule has 0 spiro atoms. The van der Waals surface area contributed by atoms with Gasteiger partial charge in [0.05, 0.1) is 0 Å². The van der Waals surface area contributed by atoms with Crippen LogP contribution in [0, 0.1) is 0 Å². The van der Waals surface area contributed by atoms with Crippen LogP contribution in [-0.2, 0) is 32.9 Å². The maximum absolute atomic E-state index is 11.3. The first-order valence-electron chi connectivity index (χ1n) is 6.67. The molecule has 1 N–H and O–H groups in total. The van der Waals surface area contributed by atoms with Crippen molar-refractivity contribution < 1.29 is 37.8 Å². The van der Waals surface area contributed by atoms with Crippen LogP contribution in [0.1, 0.15) is 27.2 Å². The van der Waals surface area contributed by atoms with Gasteiger partial charge in [0.25, 0.3) is 0 Å². The van der Waals surface area contributed by atoms with E-state index in [2.05, 4.69) is 10.0 Å². The molecule has 0 radical (unpaired) electrons. The maximum atomic E-state index is 11.3. The van der Waals surface area contributed by atoms with E-state index in [4.69, 9.17) is 29.2 Å². The molecule has 1 rings (SSSR count). The van der Waals surface area contributed by atoms with Gasteiger partial charge in [-0.2, -0.15) is 0 Å². The average molecular weight is 350 g/mol. The smallest absolute Gasteiger partial charge is 0.458 e. The number of hydrogen-bond donors (Lipinski definition) is 1. The summed E-state index contributed by atoms with van der Waals surface area (Å²) in [5, 5.41) is 3.40. The third-order valence-electron chi connectivity index (χ3n) is 3.00. The van der Waals surface area contributed by atoms with Gasteiger partial charge in [-0.3, -0.25) is 9.59 Å². The lowest BCUT2D eigenvalue weighted by Gasteiger charge is -2.41. The fourth-order valence-corrected chi connectivity index (χ4v) is 2.59. The third-order valence-corrected chi connectivity index (χ3v) is 3.39. The van der Waals surface area contributed by atoms with Crippen molar-refractivity contribution in [3.63, 3.8) is 0 Å². The number of esters is 2. The summed E-state index contributed by atoms with van der Waals surface area (Å²) in [6.45, 7) is 3.99. The summed E-state index contributed by atoms with van der Waals surface area (Å²) in [4.78, 5) is 34.1. The molecule has 0 aromatic rings. The Hall–Kier alpha value is -1.77. The van der Waals surface area contributed by atoms with Crippen molar-refractivity contribution in [2.24, 2.45) is 5.11 Å². The number of carbonyl (C=O) groups excluding carboxylic acids is 2. The molecule has 1 fully saturated rings. The number of hydrogen-bond acceptors (Lipinski definition) is 8. The SMILES string of the molecule is CCC1O[C@H](O[P+](=O)O)C(N=[N+]=[N-])[C@@H](OC(C)=O)[C@@H]1OC(C)=O. The van der Waals surface area contributed by atoms with Gasteiger partial charge in [-0.1, -0.05) is 16.6 Å². The van der Waals surface area contributed by atoms with E-state index < -0.39 is 50.8 Å². The molecule has 1 aliphatic heterocycles. The van der Waals surface area contributed by atoms with Crippen molar-refractivity contribution in [1.29, 1.82) is 0 Å². The van der Waals surface area contributed by atoms with E-state index in [9.17, 15) is 14.2 Å². The number of azide groups is 1. The summed E-state index contributed by atoms with van der Waals surface area (Å²) < 4.78 is 31.3. The highest BCUT2D eigenvalue weighted by molar-refractivity contribution is 7.32. The zero-order valence-electron chi connectivity index (χ0n) is 12.7. The summed E-state index contributed by atoms with van der Waals surface area (Å²) in [5.41, 5.74) is 8.68. The standard InChI is InChI=1S/C11H16N3O8P/c1-4-7-9(19-5(2)15)10(20-6(3)16)8(13-14-12)11(21-7)22-23(17)18/h7-11H,4H2,1-3H3/p+1/t7?,8?,9-,10-,11-/m1/s1. The number of carbonyl (C=O) groups is 2. The monoisotopic (exact) mass is 350 g/mol. The summed E-state index contributed by atoms with van der Waals surface area (Å²) in [5.74, 6) is -1.37. The number of rotatable bonds is 6. The number of nitrogens with zero attached hydrogens (tertiary/aromatic N) is 3. The highest BCUT2D eigenvalue weighted by Crippen LogP contribution is 2.34. The lowest BCUT2D eigenvalue weighted by Crippen LogP contribution is -2.59. The van der Waals surface area contributed by atoms with Crippen LogP contribution < -0.4 is 0 Å². The van der Waals surface area contributed by atoms with Crippen molar-refractivity contribution in [2.45, 2.75) is 57.8 Å². The van der Waals surface area contributed by atoms with Crippen LogP contribution in [0.25, 0.3) is 10.4 Å². The molecule has 0 aromatic carbocycles. The number of ether oxygens (including phenoxy) is 3. The van der Waals surface area contributed by atoms with Gasteiger partial charge in [-0.05, 0) is 12.0 Å². The van der Waals surface area contributed by atoms with E-state index in [0.29, 0.717) is 6.42 Å². The Morgan fingerprint density at radius 3 is 2.30 bits per heavy atom. The lowest BCUT2D eigenvalue weighted by atomic mass is 9.95. The maximum Gasteiger partial charge on any atom is 0.697 e. The van der Waals surface area contributed by atoms with E-state index in [0.717, 1.165) is 13.8 Å². The van der Waals surface area contributed by atoms with Crippen LogP contribution in [0.3, 0.4) is 0 Å². The van der Waals surface area contributed by atoms with Gasteiger partial charge in [-0.15, -0.1) is 4.89 Å². The normalized spacial score (nSPS) is 30.8. The molecule has 128 valence electrons. The molecule has 12 heteroatoms. The lowest BCUT2D eigenvalue weighted by molar-refractivity contribution is -0.246. The van der Waals surface area contributed by atoms with E-state index in [1.54, 1.807) is 6.92 Å². The highest BCUT2D eigenvalue weighted by Gasteiger charge is 2.52. The van der Waals surface area contributed by atoms with Gasteiger partial charge in [0.1, 0.15) is 12.1 Å². The summed E-state index contributed by atoms with van der Waals surface area (Å²) >= 11 is 0. The van der Waals surface area contributed by atoms with Gasteiger partial charge in [0.15, 0.2) is 12.2 Å². The van der Waals surface area contributed by atoms with E-state index in [-0.39, 0.29) is 0 Å². The molecule has 6 atom stereocenters. The molecular weight excluding hydrogens is 333 g/mol. The fraction of sp³-hybridized carbons (Fsp3) is 0.818. The van der Waals surface area contributed by atoms with Crippen molar-refractivity contribution in [2.75, 3.05) is 0 Å². The van der Waals surface area contributed by atoms with Crippen molar-refractivity contribution in [3.05, 3.63) is 10.4 Å². The van der Waals surface area contributed by atoms with Crippen LogP contribution in [0.2, 0.25) is 0 Å². The zero-order valence-corrected chi connectivity index (χ0v) is 13.6. The Morgan fingerprint density at radius 2 is 1.87 bits per heavy atom. The quantitative estimate of drug-likeness (QED) is 0.247. The molecule has 1 aliphatic rings. The highest BCUT2D eigenvalue weighted by atomic mass is 31.1. The molecular formula is C11H17N3O8P+. The van der Waals surface area contributed by atoms with Gasteiger partial charge in [0, 0.05) is 23.3 Å². The fourth-order valence-electron chi connectivity index (χ4n) is 2.24. The molecule has 0 aromatic heterocycles. The van der Waals surface area contributed by atoms with Crippen LogP contribution >= 0.6 is 8.25 Å². The second kappa shape index (κ2) is 8.76. The Bertz CT molecular complexity index is 523. The minimum absolute atomic E-state index is 0.320. The van der Waals surface area contributed by atoms with E-state index >= 15 is 0 Å². The first-order chi connectivity index (χ1) is 10.8. The van der Waals surface area contributed by atoms with Gasteiger partial charge < -0.3 is 14.2 Å². The summed E-state index contributed by atoms with van der Waals surface area (Å²) in [6, 6.07) is -1.30. The summed E-state index contributed by atoms with van der Waals surface area (Å²) in [6.07, 6.45) is -4.16. The van der Waals surface area contributed by atoms with Crippen molar-refractivity contribution >= 4 is 20.2 Å². The first kappa shape index (κ1) is 19.3. The Balaban J connectivity index is 3.23. The zero-order chi connectivity index (χ0) is 17.6. The molecule has 11 nitrogen and oxygen atoms in total. The molecule has 23 heavy (non-hydrogen) atoms. The molecule has 0 saturated carbocycles.